The van der Waals surface area contributed by atoms with Crippen molar-refractivity contribution in [3.63, 3.8) is 0 Å². The summed E-state index contributed by atoms with van der Waals surface area (Å²) in [5.74, 6) is 1.56. The number of hydrogen-bond acceptors (Lipinski definition) is 4. The third kappa shape index (κ3) is 2.89. The van der Waals surface area contributed by atoms with E-state index in [1.165, 1.54) is 6.42 Å². The van der Waals surface area contributed by atoms with Crippen LogP contribution in [0.4, 0.5) is 5.82 Å². The maximum Gasteiger partial charge on any atom is 0.148 e. The molecule has 2 rings (SSSR count). The van der Waals surface area contributed by atoms with Crippen LogP contribution in [0.3, 0.4) is 0 Å². The van der Waals surface area contributed by atoms with E-state index in [4.69, 9.17) is 5.73 Å². The van der Waals surface area contributed by atoms with Crippen LogP contribution in [0.2, 0.25) is 0 Å². The Hall–Kier alpha value is -1.16. The predicted octanol–water partition coefficient (Wildman–Crippen LogP) is 1.32. The second kappa shape index (κ2) is 4.57. The summed E-state index contributed by atoms with van der Waals surface area (Å²) < 4.78 is 0. The summed E-state index contributed by atoms with van der Waals surface area (Å²) in [5.41, 5.74) is 6.81. The van der Waals surface area contributed by atoms with Gasteiger partial charge in [0.2, 0.25) is 0 Å². The first-order valence-corrected chi connectivity index (χ1v) is 5.54. The van der Waals surface area contributed by atoms with Gasteiger partial charge in [-0.2, -0.15) is 5.10 Å². The molecule has 1 aromatic heterocycles. The molecule has 15 heavy (non-hydrogen) atoms. The third-order valence-electron chi connectivity index (χ3n) is 2.95. The van der Waals surface area contributed by atoms with E-state index in [0.717, 1.165) is 30.9 Å². The van der Waals surface area contributed by atoms with E-state index in [9.17, 15) is 0 Å². The molecule has 0 spiro atoms. The van der Waals surface area contributed by atoms with Crippen LogP contribution in [-0.2, 0) is 0 Å². The Labute approximate surface area is 90.3 Å². The van der Waals surface area contributed by atoms with Crippen molar-refractivity contribution in [1.82, 2.24) is 10.2 Å². The highest BCUT2D eigenvalue weighted by atomic mass is 15.2. The van der Waals surface area contributed by atoms with Crippen LogP contribution in [-0.4, -0.2) is 22.8 Å². The Morgan fingerprint density at radius 1 is 1.40 bits per heavy atom. The van der Waals surface area contributed by atoms with Crippen molar-refractivity contribution in [2.75, 3.05) is 11.9 Å². The number of aromatic nitrogens is 2. The molecular formula is C11H18N4. The van der Waals surface area contributed by atoms with Gasteiger partial charge in [-0.05, 0) is 44.2 Å². The molecule has 1 aliphatic rings. The Balaban J connectivity index is 1.80. The van der Waals surface area contributed by atoms with E-state index >= 15 is 0 Å². The standard InChI is InChI=1S/C11H18N4/c1-8-2-5-11(15-14-8)13-7-9-3-4-10(12)6-9/h2,5,9-10H,3-4,6-7,12H2,1H3,(H,13,15). The molecule has 4 heteroatoms. The van der Waals surface area contributed by atoms with Gasteiger partial charge in [0.1, 0.15) is 5.82 Å². The molecule has 2 unspecified atom stereocenters. The number of anilines is 1. The molecule has 0 aliphatic heterocycles. The molecule has 2 atom stereocenters. The molecular weight excluding hydrogens is 188 g/mol. The van der Waals surface area contributed by atoms with Crippen LogP contribution < -0.4 is 11.1 Å². The molecule has 0 saturated heterocycles. The van der Waals surface area contributed by atoms with Crippen LogP contribution >= 0.6 is 0 Å². The minimum absolute atomic E-state index is 0.404. The molecule has 0 aromatic carbocycles. The fourth-order valence-corrected chi connectivity index (χ4v) is 2.04. The van der Waals surface area contributed by atoms with Gasteiger partial charge in [-0.1, -0.05) is 0 Å². The van der Waals surface area contributed by atoms with E-state index < -0.39 is 0 Å². The number of hydrogen-bond donors (Lipinski definition) is 2. The minimum Gasteiger partial charge on any atom is -0.368 e. The minimum atomic E-state index is 0.404. The van der Waals surface area contributed by atoms with Crippen LogP contribution in [0.5, 0.6) is 0 Å². The van der Waals surface area contributed by atoms with Gasteiger partial charge in [0.25, 0.3) is 0 Å². The van der Waals surface area contributed by atoms with Crippen molar-refractivity contribution in [3.8, 4) is 0 Å². The molecule has 1 saturated carbocycles. The zero-order valence-electron chi connectivity index (χ0n) is 9.11. The molecule has 1 aromatic rings. The quantitative estimate of drug-likeness (QED) is 0.783. The second-order valence-corrected chi connectivity index (χ2v) is 4.38. The Kier molecular flexibility index (Phi) is 3.16. The normalized spacial score (nSPS) is 25.5. The number of nitrogens with one attached hydrogen (secondary N) is 1. The lowest BCUT2D eigenvalue weighted by Gasteiger charge is -2.10. The van der Waals surface area contributed by atoms with Crippen molar-refractivity contribution < 1.29 is 0 Å². The SMILES string of the molecule is Cc1ccc(NCC2CCC(N)C2)nn1. The fourth-order valence-electron chi connectivity index (χ4n) is 2.04. The topological polar surface area (TPSA) is 63.8 Å². The summed E-state index contributed by atoms with van der Waals surface area (Å²) in [6, 6.07) is 4.34. The molecule has 0 amide bonds. The molecule has 1 fully saturated rings. The second-order valence-electron chi connectivity index (χ2n) is 4.38. The fraction of sp³-hybridized carbons (Fsp3) is 0.636. The monoisotopic (exact) mass is 206 g/mol. The van der Waals surface area contributed by atoms with Gasteiger partial charge >= 0.3 is 0 Å². The molecule has 0 bridgehead atoms. The highest BCUT2D eigenvalue weighted by molar-refractivity contribution is 5.32. The lowest BCUT2D eigenvalue weighted by molar-refractivity contribution is 0.564. The van der Waals surface area contributed by atoms with Crippen molar-refractivity contribution in [2.45, 2.75) is 32.2 Å². The number of aryl methyl sites for hydroxylation is 1. The first-order chi connectivity index (χ1) is 7.24. The smallest absolute Gasteiger partial charge is 0.148 e. The average molecular weight is 206 g/mol. The number of nitrogens with zero attached hydrogens (tertiary/aromatic N) is 2. The third-order valence-corrected chi connectivity index (χ3v) is 2.95. The van der Waals surface area contributed by atoms with Crippen molar-refractivity contribution in [1.29, 1.82) is 0 Å². The summed E-state index contributed by atoms with van der Waals surface area (Å²) in [6.45, 7) is 2.90. The first-order valence-electron chi connectivity index (χ1n) is 5.54. The highest BCUT2D eigenvalue weighted by Gasteiger charge is 2.21. The molecule has 1 aliphatic carbocycles. The molecule has 1 heterocycles. The summed E-state index contributed by atoms with van der Waals surface area (Å²) >= 11 is 0. The summed E-state index contributed by atoms with van der Waals surface area (Å²) in [7, 11) is 0. The van der Waals surface area contributed by atoms with Crippen molar-refractivity contribution in [2.24, 2.45) is 11.7 Å². The van der Waals surface area contributed by atoms with Crippen LogP contribution in [0.25, 0.3) is 0 Å². The van der Waals surface area contributed by atoms with Crippen LogP contribution in [0, 0.1) is 12.8 Å². The number of nitrogens with two attached hydrogens (primary N) is 1. The van der Waals surface area contributed by atoms with E-state index in [-0.39, 0.29) is 0 Å². The molecule has 4 nitrogen and oxygen atoms in total. The zero-order valence-corrected chi connectivity index (χ0v) is 9.11. The van der Waals surface area contributed by atoms with Crippen LogP contribution in [0.15, 0.2) is 12.1 Å². The maximum atomic E-state index is 5.86. The van der Waals surface area contributed by atoms with E-state index in [0.29, 0.717) is 12.0 Å². The van der Waals surface area contributed by atoms with Gasteiger partial charge < -0.3 is 11.1 Å². The van der Waals surface area contributed by atoms with Gasteiger partial charge in [-0.15, -0.1) is 5.10 Å². The van der Waals surface area contributed by atoms with E-state index in [1.807, 2.05) is 19.1 Å². The lowest BCUT2D eigenvalue weighted by atomic mass is 10.1. The summed E-state index contributed by atoms with van der Waals surface area (Å²) in [4.78, 5) is 0. The van der Waals surface area contributed by atoms with Gasteiger partial charge in [0.15, 0.2) is 0 Å². The number of rotatable bonds is 3. The van der Waals surface area contributed by atoms with Gasteiger partial charge in [-0.3, -0.25) is 0 Å². The molecule has 3 N–H and O–H groups in total. The highest BCUT2D eigenvalue weighted by Crippen LogP contribution is 2.23. The molecule has 82 valence electrons. The van der Waals surface area contributed by atoms with E-state index in [1.54, 1.807) is 0 Å². The van der Waals surface area contributed by atoms with Crippen molar-refractivity contribution >= 4 is 5.82 Å². The largest absolute Gasteiger partial charge is 0.368 e. The summed E-state index contributed by atoms with van der Waals surface area (Å²) in [6.07, 6.45) is 3.52. The van der Waals surface area contributed by atoms with Gasteiger partial charge in [0, 0.05) is 12.6 Å². The molecule has 0 radical (unpaired) electrons. The van der Waals surface area contributed by atoms with Crippen LogP contribution in [0.1, 0.15) is 25.0 Å². The summed E-state index contributed by atoms with van der Waals surface area (Å²) in [5, 5.41) is 11.4. The first kappa shape index (κ1) is 10.4. The maximum absolute atomic E-state index is 5.86. The average Bonchev–Trinajstić information content (AvgIpc) is 2.64. The predicted molar refractivity (Wildman–Crippen MR) is 60.6 cm³/mol. The zero-order chi connectivity index (χ0) is 10.7. The lowest BCUT2D eigenvalue weighted by Crippen LogP contribution is -2.18. The van der Waals surface area contributed by atoms with E-state index in [2.05, 4.69) is 15.5 Å². The Bertz CT molecular complexity index is 309. The van der Waals surface area contributed by atoms with Crippen molar-refractivity contribution in [3.05, 3.63) is 17.8 Å². The Morgan fingerprint density at radius 2 is 2.27 bits per heavy atom. The van der Waals surface area contributed by atoms with Gasteiger partial charge in [0.05, 0.1) is 5.69 Å². The Morgan fingerprint density at radius 3 is 2.87 bits per heavy atom. The van der Waals surface area contributed by atoms with Gasteiger partial charge in [-0.25, -0.2) is 0 Å².